The lowest BCUT2D eigenvalue weighted by atomic mass is 9.88. The second-order valence-electron chi connectivity index (χ2n) is 7.47. The number of amides is 1. The van der Waals surface area contributed by atoms with E-state index in [-0.39, 0.29) is 11.4 Å². The summed E-state index contributed by atoms with van der Waals surface area (Å²) in [5.41, 5.74) is 5.66. The second-order valence-corrected chi connectivity index (χ2v) is 7.47. The Kier molecular flexibility index (Phi) is 3.08. The average molecular weight is 330 g/mol. The predicted octanol–water partition coefficient (Wildman–Crippen LogP) is 4.55. The molecule has 0 radical (unpaired) electrons. The van der Waals surface area contributed by atoms with Crippen molar-refractivity contribution in [2.45, 2.75) is 38.1 Å². The summed E-state index contributed by atoms with van der Waals surface area (Å²) in [5.74, 6) is 0.143. The molecule has 0 saturated carbocycles. The average Bonchev–Trinajstić information content (AvgIpc) is 3.34. The standard InChI is InChI=1S/C22H22N2O/c1-15-6-4-8-17-14-19(23-20(15)17)21(25)24-13-5-11-22(24)12-10-16-7-2-3-9-18(16)22/h2-4,6-9,14,23H,5,10-13H2,1H3. The summed E-state index contributed by atoms with van der Waals surface area (Å²) in [4.78, 5) is 18.9. The quantitative estimate of drug-likeness (QED) is 0.698. The smallest absolute Gasteiger partial charge is 0.271 e. The van der Waals surface area contributed by atoms with E-state index in [1.165, 1.54) is 16.7 Å². The van der Waals surface area contributed by atoms with Crippen molar-refractivity contribution < 1.29 is 4.79 Å². The molecule has 2 heterocycles. The Bertz CT molecular complexity index is 987. The van der Waals surface area contributed by atoms with E-state index >= 15 is 0 Å². The number of rotatable bonds is 1. The number of benzene rings is 2. The highest BCUT2D eigenvalue weighted by molar-refractivity contribution is 5.99. The van der Waals surface area contributed by atoms with Gasteiger partial charge in [-0.25, -0.2) is 0 Å². The molecule has 5 rings (SSSR count). The molecule has 1 amide bonds. The van der Waals surface area contributed by atoms with Crippen LogP contribution in [-0.4, -0.2) is 22.3 Å². The molecule has 1 aromatic heterocycles. The number of likely N-dealkylation sites (tertiary alicyclic amines) is 1. The van der Waals surface area contributed by atoms with Crippen molar-refractivity contribution in [3.05, 3.63) is 70.9 Å². The predicted molar refractivity (Wildman–Crippen MR) is 99.7 cm³/mol. The van der Waals surface area contributed by atoms with Gasteiger partial charge in [-0.3, -0.25) is 4.79 Å². The lowest BCUT2D eigenvalue weighted by Gasteiger charge is -2.36. The molecule has 1 aliphatic heterocycles. The van der Waals surface area contributed by atoms with Crippen LogP contribution in [0.15, 0.2) is 48.5 Å². The van der Waals surface area contributed by atoms with Gasteiger partial charge in [0, 0.05) is 17.4 Å². The number of para-hydroxylation sites is 1. The van der Waals surface area contributed by atoms with Crippen molar-refractivity contribution in [2.24, 2.45) is 0 Å². The summed E-state index contributed by atoms with van der Waals surface area (Å²) in [6, 6.07) is 16.9. The molecule has 3 aromatic rings. The Morgan fingerprint density at radius 2 is 2.00 bits per heavy atom. The van der Waals surface area contributed by atoms with E-state index in [1.807, 2.05) is 12.1 Å². The topological polar surface area (TPSA) is 36.1 Å². The fraction of sp³-hybridized carbons (Fsp3) is 0.318. The van der Waals surface area contributed by atoms with Crippen LogP contribution in [0.2, 0.25) is 0 Å². The van der Waals surface area contributed by atoms with Crippen molar-refractivity contribution in [1.29, 1.82) is 0 Å². The van der Waals surface area contributed by atoms with Crippen LogP contribution in [0.4, 0.5) is 0 Å². The normalized spacial score (nSPS) is 22.0. The number of H-pyrrole nitrogens is 1. The maximum atomic E-state index is 13.4. The Labute approximate surface area is 147 Å². The first-order valence-electron chi connectivity index (χ1n) is 9.18. The van der Waals surface area contributed by atoms with E-state index in [0.29, 0.717) is 0 Å². The third-order valence-corrected chi connectivity index (χ3v) is 6.16. The number of nitrogens with one attached hydrogen (secondary N) is 1. The van der Waals surface area contributed by atoms with Crippen molar-refractivity contribution in [1.82, 2.24) is 9.88 Å². The highest BCUT2D eigenvalue weighted by Gasteiger charge is 2.48. The van der Waals surface area contributed by atoms with Gasteiger partial charge < -0.3 is 9.88 Å². The minimum Gasteiger partial charge on any atom is -0.350 e. The lowest BCUT2D eigenvalue weighted by molar-refractivity contribution is 0.0583. The number of aryl methyl sites for hydroxylation is 2. The molecular formula is C22H22N2O. The molecule has 1 atom stereocenters. The molecule has 126 valence electrons. The molecule has 1 spiro atoms. The minimum absolute atomic E-state index is 0.0972. The van der Waals surface area contributed by atoms with Crippen molar-refractivity contribution in [2.75, 3.05) is 6.54 Å². The van der Waals surface area contributed by atoms with E-state index < -0.39 is 0 Å². The van der Waals surface area contributed by atoms with Gasteiger partial charge in [0.1, 0.15) is 5.69 Å². The van der Waals surface area contributed by atoms with E-state index in [0.717, 1.165) is 48.8 Å². The highest BCUT2D eigenvalue weighted by atomic mass is 16.2. The van der Waals surface area contributed by atoms with E-state index in [1.54, 1.807) is 0 Å². The highest BCUT2D eigenvalue weighted by Crippen LogP contribution is 2.48. The number of carbonyl (C=O) groups excluding carboxylic acids is 1. The first-order valence-corrected chi connectivity index (χ1v) is 9.18. The fourth-order valence-corrected chi connectivity index (χ4v) is 4.95. The lowest BCUT2D eigenvalue weighted by Crippen LogP contribution is -2.43. The molecule has 1 N–H and O–H groups in total. The summed E-state index contributed by atoms with van der Waals surface area (Å²) >= 11 is 0. The molecular weight excluding hydrogens is 308 g/mol. The van der Waals surface area contributed by atoms with E-state index in [2.05, 4.69) is 53.2 Å². The summed E-state index contributed by atoms with van der Waals surface area (Å²) < 4.78 is 0. The van der Waals surface area contributed by atoms with Crippen molar-refractivity contribution in [3.63, 3.8) is 0 Å². The fourth-order valence-electron chi connectivity index (χ4n) is 4.95. The number of fused-ring (bicyclic) bond motifs is 3. The Morgan fingerprint density at radius 1 is 1.12 bits per heavy atom. The van der Waals surface area contributed by atoms with Gasteiger partial charge >= 0.3 is 0 Å². The zero-order chi connectivity index (χ0) is 17.0. The maximum Gasteiger partial charge on any atom is 0.271 e. The molecule has 25 heavy (non-hydrogen) atoms. The van der Waals surface area contributed by atoms with E-state index in [4.69, 9.17) is 0 Å². The minimum atomic E-state index is -0.0972. The third-order valence-electron chi connectivity index (χ3n) is 6.16. The second kappa shape index (κ2) is 5.22. The molecule has 2 aromatic carbocycles. The Balaban J connectivity index is 1.58. The van der Waals surface area contributed by atoms with Crippen LogP contribution in [-0.2, 0) is 12.0 Å². The van der Waals surface area contributed by atoms with Gasteiger partial charge in [-0.15, -0.1) is 0 Å². The van der Waals surface area contributed by atoms with Crippen molar-refractivity contribution in [3.8, 4) is 0 Å². The van der Waals surface area contributed by atoms with E-state index in [9.17, 15) is 4.79 Å². The van der Waals surface area contributed by atoms with Crippen LogP contribution < -0.4 is 0 Å². The Morgan fingerprint density at radius 3 is 2.88 bits per heavy atom. The summed E-state index contributed by atoms with van der Waals surface area (Å²) in [6.45, 7) is 2.93. The van der Waals surface area contributed by atoms with Crippen molar-refractivity contribution >= 4 is 16.8 Å². The zero-order valence-electron chi connectivity index (χ0n) is 14.5. The largest absolute Gasteiger partial charge is 0.350 e. The molecule has 1 saturated heterocycles. The molecule has 0 bridgehead atoms. The first kappa shape index (κ1) is 14.8. The monoisotopic (exact) mass is 330 g/mol. The zero-order valence-corrected chi connectivity index (χ0v) is 14.5. The van der Waals surface area contributed by atoms with Gasteiger partial charge in [0.15, 0.2) is 0 Å². The summed E-state index contributed by atoms with van der Waals surface area (Å²) in [6.07, 6.45) is 4.29. The number of aromatic amines is 1. The molecule has 1 aliphatic carbocycles. The number of hydrogen-bond donors (Lipinski definition) is 1. The van der Waals surface area contributed by atoms with Crippen LogP contribution in [0.5, 0.6) is 0 Å². The van der Waals surface area contributed by atoms with Gasteiger partial charge in [0.05, 0.1) is 5.54 Å². The summed E-state index contributed by atoms with van der Waals surface area (Å²) in [5, 5.41) is 1.11. The maximum absolute atomic E-state index is 13.4. The van der Waals surface area contributed by atoms with Gasteiger partial charge in [-0.1, -0.05) is 42.5 Å². The first-order chi connectivity index (χ1) is 12.2. The van der Waals surface area contributed by atoms with Gasteiger partial charge in [-0.05, 0) is 55.4 Å². The molecule has 1 fully saturated rings. The Hall–Kier alpha value is -2.55. The number of hydrogen-bond acceptors (Lipinski definition) is 1. The van der Waals surface area contributed by atoms with Crippen LogP contribution >= 0.6 is 0 Å². The molecule has 1 unspecified atom stereocenters. The third kappa shape index (κ3) is 2.02. The molecule has 3 nitrogen and oxygen atoms in total. The SMILES string of the molecule is Cc1cccc2cc(C(=O)N3CCCC34CCc3ccccc34)[nH]c12. The number of carbonyl (C=O) groups is 1. The van der Waals surface area contributed by atoms with Gasteiger partial charge in [0.2, 0.25) is 0 Å². The number of nitrogens with zero attached hydrogens (tertiary/aromatic N) is 1. The van der Waals surface area contributed by atoms with Gasteiger partial charge in [0.25, 0.3) is 5.91 Å². The van der Waals surface area contributed by atoms with Crippen LogP contribution in [0.1, 0.15) is 46.4 Å². The van der Waals surface area contributed by atoms with Gasteiger partial charge in [-0.2, -0.15) is 0 Å². The molecule has 3 heteroatoms. The summed E-state index contributed by atoms with van der Waals surface area (Å²) in [7, 11) is 0. The number of aromatic nitrogens is 1. The van der Waals surface area contributed by atoms with Crippen LogP contribution in [0.25, 0.3) is 10.9 Å². The molecule has 2 aliphatic rings. The van der Waals surface area contributed by atoms with Crippen LogP contribution in [0, 0.1) is 6.92 Å². The van der Waals surface area contributed by atoms with Crippen LogP contribution in [0.3, 0.4) is 0 Å².